The van der Waals surface area contributed by atoms with Gasteiger partial charge in [-0.05, 0) is 19.9 Å². The Morgan fingerprint density at radius 1 is 1.35 bits per heavy atom. The average molecular weight is 252 g/mol. The Kier molecular flexibility index (Phi) is 3.33. The van der Waals surface area contributed by atoms with Gasteiger partial charge in [-0.2, -0.15) is 0 Å². The summed E-state index contributed by atoms with van der Waals surface area (Å²) >= 11 is 6.05. The lowest BCUT2D eigenvalue weighted by atomic mass is 10.3. The topological polar surface area (TPSA) is 42.2 Å². The molecule has 0 N–H and O–H groups in total. The summed E-state index contributed by atoms with van der Waals surface area (Å²) in [6.07, 6.45) is 3.38. The van der Waals surface area contributed by atoms with Crippen LogP contribution in [0.1, 0.15) is 17.0 Å². The van der Waals surface area contributed by atoms with Crippen molar-refractivity contribution in [3.05, 3.63) is 40.7 Å². The highest BCUT2D eigenvalue weighted by molar-refractivity contribution is 6.30. The second-order valence-electron chi connectivity index (χ2n) is 4.00. The Morgan fingerprint density at radius 2 is 2.12 bits per heavy atom. The third kappa shape index (κ3) is 2.58. The first-order valence-electron chi connectivity index (χ1n) is 5.31. The first-order valence-corrected chi connectivity index (χ1v) is 5.68. The number of aryl methyl sites for hydroxylation is 1. The lowest BCUT2D eigenvalue weighted by molar-refractivity contribution is 0.563. The Morgan fingerprint density at radius 3 is 2.76 bits per heavy atom. The molecule has 2 rings (SSSR count). The number of anilines is 1. The van der Waals surface area contributed by atoms with Crippen LogP contribution < -0.4 is 4.90 Å². The average Bonchev–Trinajstić information content (AvgIpc) is 2.76. The predicted molar refractivity (Wildman–Crippen MR) is 67.3 cm³/mol. The highest BCUT2D eigenvalue weighted by Crippen LogP contribution is 2.23. The maximum atomic E-state index is 6.05. The van der Waals surface area contributed by atoms with E-state index in [0.29, 0.717) is 11.0 Å². The summed E-state index contributed by atoms with van der Waals surface area (Å²) in [5.41, 5.74) is 1.99. The fourth-order valence-corrected chi connectivity index (χ4v) is 1.89. The van der Waals surface area contributed by atoms with Crippen LogP contribution in [0.4, 0.5) is 5.82 Å². The van der Waals surface area contributed by atoms with Crippen LogP contribution in [0.5, 0.6) is 0 Å². The van der Waals surface area contributed by atoms with Crippen LogP contribution in [0, 0.1) is 13.8 Å². The van der Waals surface area contributed by atoms with Gasteiger partial charge in [-0.3, -0.25) is 0 Å². The second-order valence-corrected chi connectivity index (χ2v) is 4.36. The molecule has 2 heterocycles. The van der Waals surface area contributed by atoms with Gasteiger partial charge in [0.25, 0.3) is 0 Å². The Balaban J connectivity index is 2.27. The van der Waals surface area contributed by atoms with E-state index in [1.807, 2.05) is 31.9 Å². The van der Waals surface area contributed by atoms with Crippen molar-refractivity contribution in [2.24, 2.45) is 0 Å². The summed E-state index contributed by atoms with van der Waals surface area (Å²) in [6.45, 7) is 4.48. The van der Waals surface area contributed by atoms with Crippen LogP contribution in [-0.2, 0) is 6.54 Å². The lowest BCUT2D eigenvalue weighted by Crippen LogP contribution is -2.19. The second kappa shape index (κ2) is 4.75. The Labute approximate surface area is 105 Å². The van der Waals surface area contributed by atoms with Crippen molar-refractivity contribution in [1.82, 2.24) is 9.97 Å². The molecule has 0 saturated heterocycles. The third-order valence-corrected chi connectivity index (χ3v) is 2.90. The fourth-order valence-electron chi connectivity index (χ4n) is 1.68. The van der Waals surface area contributed by atoms with Gasteiger partial charge in [-0.25, -0.2) is 9.97 Å². The van der Waals surface area contributed by atoms with Gasteiger partial charge in [0.1, 0.15) is 16.8 Å². The van der Waals surface area contributed by atoms with Crippen molar-refractivity contribution in [3.8, 4) is 0 Å². The highest BCUT2D eigenvalue weighted by Gasteiger charge is 2.12. The van der Waals surface area contributed by atoms with Crippen molar-refractivity contribution in [2.75, 3.05) is 11.9 Å². The van der Waals surface area contributed by atoms with E-state index in [0.717, 1.165) is 23.5 Å². The van der Waals surface area contributed by atoms with E-state index in [1.165, 1.54) is 0 Å². The SMILES string of the molecule is Cc1nc(Cl)c(C)c(N(C)Cc2ccoc2)n1. The molecule has 0 spiro atoms. The third-order valence-electron chi connectivity index (χ3n) is 2.53. The fraction of sp³-hybridized carbons (Fsp3) is 0.333. The van der Waals surface area contributed by atoms with Gasteiger partial charge in [0.15, 0.2) is 0 Å². The Bertz CT molecular complexity index is 511. The molecular weight excluding hydrogens is 238 g/mol. The van der Waals surface area contributed by atoms with Gasteiger partial charge in [-0.1, -0.05) is 11.6 Å². The molecule has 0 aliphatic rings. The van der Waals surface area contributed by atoms with Crippen LogP contribution >= 0.6 is 11.6 Å². The first-order chi connectivity index (χ1) is 8.08. The van der Waals surface area contributed by atoms with Crippen LogP contribution in [0.2, 0.25) is 5.15 Å². The summed E-state index contributed by atoms with van der Waals surface area (Å²) in [5.74, 6) is 1.53. The number of rotatable bonds is 3. The van der Waals surface area contributed by atoms with Gasteiger partial charge in [0, 0.05) is 24.7 Å². The summed E-state index contributed by atoms with van der Waals surface area (Å²) in [7, 11) is 1.97. The summed E-state index contributed by atoms with van der Waals surface area (Å²) in [5, 5.41) is 0.506. The molecule has 0 fully saturated rings. The molecule has 0 aliphatic carbocycles. The molecule has 0 amide bonds. The Hall–Kier alpha value is -1.55. The molecule has 90 valence electrons. The predicted octanol–water partition coefficient (Wildman–Crippen LogP) is 2.98. The van der Waals surface area contributed by atoms with Crippen molar-refractivity contribution in [1.29, 1.82) is 0 Å². The number of halogens is 1. The highest BCUT2D eigenvalue weighted by atomic mass is 35.5. The number of hydrogen-bond acceptors (Lipinski definition) is 4. The van der Waals surface area contributed by atoms with Crippen molar-refractivity contribution < 1.29 is 4.42 Å². The normalized spacial score (nSPS) is 10.6. The number of nitrogens with zero attached hydrogens (tertiary/aromatic N) is 3. The van der Waals surface area contributed by atoms with Crippen LogP contribution in [-0.4, -0.2) is 17.0 Å². The van der Waals surface area contributed by atoms with E-state index >= 15 is 0 Å². The van der Waals surface area contributed by atoms with Gasteiger partial charge in [-0.15, -0.1) is 0 Å². The van der Waals surface area contributed by atoms with E-state index in [9.17, 15) is 0 Å². The monoisotopic (exact) mass is 251 g/mol. The zero-order chi connectivity index (χ0) is 12.4. The van der Waals surface area contributed by atoms with Crippen molar-refractivity contribution in [3.63, 3.8) is 0 Å². The zero-order valence-corrected chi connectivity index (χ0v) is 10.8. The molecule has 2 aromatic heterocycles. The minimum Gasteiger partial charge on any atom is -0.472 e. The first kappa shape index (κ1) is 11.9. The van der Waals surface area contributed by atoms with Gasteiger partial charge < -0.3 is 9.32 Å². The number of furan rings is 1. The smallest absolute Gasteiger partial charge is 0.137 e. The lowest BCUT2D eigenvalue weighted by Gasteiger charge is -2.20. The van der Waals surface area contributed by atoms with Crippen LogP contribution in [0.15, 0.2) is 23.0 Å². The molecule has 0 radical (unpaired) electrons. The van der Waals surface area contributed by atoms with Gasteiger partial charge in [0.05, 0.1) is 12.5 Å². The summed E-state index contributed by atoms with van der Waals surface area (Å²) in [6, 6.07) is 1.93. The molecular formula is C12H14ClN3O. The van der Waals surface area contributed by atoms with E-state index in [-0.39, 0.29) is 0 Å². The summed E-state index contributed by atoms with van der Waals surface area (Å²) in [4.78, 5) is 10.6. The maximum absolute atomic E-state index is 6.05. The van der Waals surface area contributed by atoms with E-state index in [1.54, 1.807) is 12.5 Å². The molecule has 4 nitrogen and oxygen atoms in total. The molecule has 0 unspecified atom stereocenters. The zero-order valence-electron chi connectivity index (χ0n) is 10.1. The molecule has 0 saturated carbocycles. The van der Waals surface area contributed by atoms with Crippen molar-refractivity contribution >= 4 is 17.4 Å². The molecule has 0 aromatic carbocycles. The molecule has 0 aliphatic heterocycles. The van der Waals surface area contributed by atoms with E-state index < -0.39 is 0 Å². The van der Waals surface area contributed by atoms with Crippen LogP contribution in [0.25, 0.3) is 0 Å². The maximum Gasteiger partial charge on any atom is 0.137 e. The van der Waals surface area contributed by atoms with Gasteiger partial charge >= 0.3 is 0 Å². The minimum atomic E-state index is 0.506. The van der Waals surface area contributed by atoms with Gasteiger partial charge in [0.2, 0.25) is 0 Å². The van der Waals surface area contributed by atoms with Crippen molar-refractivity contribution in [2.45, 2.75) is 20.4 Å². The van der Waals surface area contributed by atoms with Crippen LogP contribution in [0.3, 0.4) is 0 Å². The molecule has 0 atom stereocenters. The number of aromatic nitrogens is 2. The largest absolute Gasteiger partial charge is 0.472 e. The summed E-state index contributed by atoms with van der Waals surface area (Å²) < 4.78 is 5.04. The molecule has 17 heavy (non-hydrogen) atoms. The van der Waals surface area contributed by atoms with E-state index in [4.69, 9.17) is 16.0 Å². The molecule has 0 bridgehead atoms. The standard InChI is InChI=1S/C12H14ClN3O/c1-8-11(13)14-9(2)15-12(8)16(3)6-10-4-5-17-7-10/h4-5,7H,6H2,1-3H3. The number of hydrogen-bond donors (Lipinski definition) is 0. The minimum absolute atomic E-state index is 0.506. The molecule has 5 heteroatoms. The molecule has 2 aromatic rings. The quantitative estimate of drug-likeness (QED) is 0.787. The van der Waals surface area contributed by atoms with E-state index in [2.05, 4.69) is 9.97 Å².